The minimum Gasteiger partial charge on any atom is -0.399 e. The van der Waals surface area contributed by atoms with Crippen LogP contribution in [0.15, 0.2) is 34.8 Å². The molecule has 0 aliphatic heterocycles. The van der Waals surface area contributed by atoms with Crippen molar-refractivity contribution in [3.05, 3.63) is 51.8 Å². The molecule has 0 saturated heterocycles. The minimum absolute atomic E-state index is 0.122. The summed E-state index contributed by atoms with van der Waals surface area (Å²) in [7, 11) is 0. The van der Waals surface area contributed by atoms with Gasteiger partial charge in [-0.25, -0.2) is 4.98 Å². The second-order valence-electron chi connectivity index (χ2n) is 5.16. The van der Waals surface area contributed by atoms with Gasteiger partial charge in [-0.05, 0) is 55.3 Å². The molecule has 3 rings (SSSR count). The van der Waals surface area contributed by atoms with E-state index in [1.165, 1.54) is 0 Å². The van der Waals surface area contributed by atoms with E-state index in [1.54, 1.807) is 0 Å². The Balaban J connectivity index is 2.33. The zero-order valence-electron chi connectivity index (χ0n) is 11.9. The zero-order chi connectivity index (χ0) is 15.1. The van der Waals surface area contributed by atoms with Crippen LogP contribution in [0, 0.1) is 13.8 Å². The number of imidazole rings is 1. The molecule has 0 saturated carbocycles. The number of hydrogen-bond donors (Lipinski definition) is 2. The van der Waals surface area contributed by atoms with Crippen molar-refractivity contribution in [1.29, 1.82) is 0 Å². The topological polar surface area (TPSA) is 64.1 Å². The Bertz CT molecular complexity index is 816. The van der Waals surface area contributed by atoms with E-state index in [9.17, 15) is 5.11 Å². The highest BCUT2D eigenvalue weighted by Gasteiger charge is 2.13. The molecular weight excluding hydrogens is 330 g/mol. The average molecular weight is 346 g/mol. The number of nitrogens with zero attached hydrogens (tertiary/aromatic N) is 2. The number of anilines is 1. The molecule has 0 aliphatic carbocycles. The molecule has 0 radical (unpaired) electrons. The van der Waals surface area contributed by atoms with Gasteiger partial charge < -0.3 is 10.8 Å². The molecule has 1 heterocycles. The third-order valence-corrected chi connectivity index (χ3v) is 4.82. The summed E-state index contributed by atoms with van der Waals surface area (Å²) in [6, 6.07) is 9.76. The number of aliphatic hydroxyl groups excluding tert-OH is 1. The zero-order valence-corrected chi connectivity index (χ0v) is 13.5. The second-order valence-corrected chi connectivity index (χ2v) is 5.96. The Morgan fingerprint density at radius 3 is 2.48 bits per heavy atom. The Hall–Kier alpha value is -1.85. The van der Waals surface area contributed by atoms with Crippen molar-refractivity contribution in [1.82, 2.24) is 9.55 Å². The molecule has 5 heteroatoms. The van der Waals surface area contributed by atoms with Gasteiger partial charge in [-0.3, -0.25) is 4.57 Å². The number of nitrogens with two attached hydrogens (primary N) is 1. The predicted molar refractivity (Wildman–Crippen MR) is 88.6 cm³/mol. The molecular formula is C16H16BrN3O. The molecule has 0 atom stereocenters. The molecule has 0 amide bonds. The molecule has 3 N–H and O–H groups in total. The van der Waals surface area contributed by atoms with Gasteiger partial charge in [-0.2, -0.15) is 0 Å². The second kappa shape index (κ2) is 5.16. The molecule has 0 aliphatic rings. The molecule has 0 bridgehead atoms. The Morgan fingerprint density at radius 1 is 1.19 bits per heavy atom. The van der Waals surface area contributed by atoms with Crippen LogP contribution in [0.25, 0.3) is 16.7 Å². The molecule has 0 fully saturated rings. The van der Waals surface area contributed by atoms with Gasteiger partial charge in [-0.1, -0.05) is 15.9 Å². The van der Waals surface area contributed by atoms with Crippen molar-refractivity contribution >= 4 is 32.7 Å². The fourth-order valence-corrected chi connectivity index (χ4v) is 2.82. The Morgan fingerprint density at radius 2 is 1.86 bits per heavy atom. The third-order valence-electron chi connectivity index (χ3n) is 3.57. The van der Waals surface area contributed by atoms with Crippen molar-refractivity contribution in [2.45, 2.75) is 20.5 Å². The van der Waals surface area contributed by atoms with Crippen molar-refractivity contribution in [3.63, 3.8) is 0 Å². The van der Waals surface area contributed by atoms with Crippen LogP contribution in [-0.2, 0) is 6.61 Å². The van der Waals surface area contributed by atoms with Crippen molar-refractivity contribution in [2.75, 3.05) is 5.73 Å². The first-order valence-corrected chi connectivity index (χ1v) is 7.45. The van der Waals surface area contributed by atoms with Gasteiger partial charge in [0, 0.05) is 15.8 Å². The number of benzene rings is 2. The fourth-order valence-electron chi connectivity index (χ4n) is 2.59. The summed E-state index contributed by atoms with van der Waals surface area (Å²) in [6.45, 7) is 3.98. The minimum atomic E-state index is -0.122. The van der Waals surface area contributed by atoms with Crippen LogP contribution in [0.2, 0.25) is 0 Å². The van der Waals surface area contributed by atoms with Crippen LogP contribution < -0.4 is 5.73 Å². The van der Waals surface area contributed by atoms with Crippen LogP contribution in [0.3, 0.4) is 0 Å². The first-order chi connectivity index (χ1) is 10.0. The normalized spacial score (nSPS) is 11.2. The SMILES string of the molecule is Cc1cc(-n2c(CO)nc3cc(N)ccc32)cc(C)c1Br. The number of rotatable bonds is 2. The largest absolute Gasteiger partial charge is 0.399 e. The molecule has 3 aromatic rings. The summed E-state index contributed by atoms with van der Waals surface area (Å²) in [6.07, 6.45) is 0. The highest BCUT2D eigenvalue weighted by Crippen LogP contribution is 2.28. The van der Waals surface area contributed by atoms with Gasteiger partial charge in [0.05, 0.1) is 11.0 Å². The van der Waals surface area contributed by atoms with E-state index < -0.39 is 0 Å². The summed E-state index contributed by atoms with van der Waals surface area (Å²) < 4.78 is 3.08. The maximum absolute atomic E-state index is 9.62. The van der Waals surface area contributed by atoms with Crippen LogP contribution in [0.4, 0.5) is 5.69 Å². The summed E-state index contributed by atoms with van der Waals surface area (Å²) in [5, 5.41) is 9.62. The van der Waals surface area contributed by atoms with Crippen molar-refractivity contribution in [2.24, 2.45) is 0 Å². The molecule has 1 aromatic heterocycles. The van der Waals surface area contributed by atoms with Gasteiger partial charge in [0.25, 0.3) is 0 Å². The lowest BCUT2D eigenvalue weighted by Crippen LogP contribution is -2.02. The van der Waals surface area contributed by atoms with E-state index in [0.717, 1.165) is 32.3 Å². The first kappa shape index (κ1) is 14.1. The van der Waals surface area contributed by atoms with Gasteiger partial charge >= 0.3 is 0 Å². The van der Waals surface area contributed by atoms with Crippen LogP contribution in [0.5, 0.6) is 0 Å². The summed E-state index contributed by atoms with van der Waals surface area (Å²) >= 11 is 3.58. The standard InChI is InChI=1S/C16H16BrN3O/c1-9-5-12(6-10(2)16(9)17)20-14-4-3-11(18)7-13(14)19-15(20)8-21/h3-7,21H,8,18H2,1-2H3. The quantitative estimate of drug-likeness (QED) is 0.699. The van der Waals surface area contributed by atoms with E-state index >= 15 is 0 Å². The van der Waals surface area contributed by atoms with E-state index in [2.05, 4.69) is 46.9 Å². The molecule has 2 aromatic carbocycles. The first-order valence-electron chi connectivity index (χ1n) is 6.66. The Labute approximate surface area is 131 Å². The molecule has 4 nitrogen and oxygen atoms in total. The van der Waals surface area contributed by atoms with Crippen molar-refractivity contribution < 1.29 is 5.11 Å². The number of nitrogen functional groups attached to an aromatic ring is 1. The van der Waals surface area contributed by atoms with Gasteiger partial charge in [0.15, 0.2) is 0 Å². The summed E-state index contributed by atoms with van der Waals surface area (Å²) in [5.74, 6) is 0.608. The highest BCUT2D eigenvalue weighted by atomic mass is 79.9. The fraction of sp³-hybridized carbons (Fsp3) is 0.188. The lowest BCUT2D eigenvalue weighted by Gasteiger charge is -2.12. The van der Waals surface area contributed by atoms with Crippen molar-refractivity contribution in [3.8, 4) is 5.69 Å². The lowest BCUT2D eigenvalue weighted by atomic mass is 10.1. The molecule has 21 heavy (non-hydrogen) atoms. The number of halogens is 1. The average Bonchev–Trinajstić information content (AvgIpc) is 2.81. The molecule has 0 unspecified atom stereocenters. The predicted octanol–water partition coefficient (Wildman–Crippen LogP) is 3.48. The van der Waals surface area contributed by atoms with Crippen LogP contribution >= 0.6 is 15.9 Å². The number of aliphatic hydroxyl groups is 1. The monoisotopic (exact) mass is 345 g/mol. The summed E-state index contributed by atoms with van der Waals surface area (Å²) in [4.78, 5) is 4.47. The van der Waals surface area contributed by atoms with Gasteiger partial charge in [-0.15, -0.1) is 0 Å². The third kappa shape index (κ3) is 2.32. The smallest absolute Gasteiger partial charge is 0.140 e. The number of hydrogen-bond acceptors (Lipinski definition) is 3. The van der Waals surface area contributed by atoms with E-state index in [4.69, 9.17) is 5.73 Å². The lowest BCUT2D eigenvalue weighted by molar-refractivity contribution is 0.270. The van der Waals surface area contributed by atoms with E-state index in [-0.39, 0.29) is 6.61 Å². The summed E-state index contributed by atoms with van der Waals surface area (Å²) in [5.41, 5.74) is 11.5. The Kier molecular flexibility index (Phi) is 3.47. The van der Waals surface area contributed by atoms with Gasteiger partial charge in [0.2, 0.25) is 0 Å². The van der Waals surface area contributed by atoms with E-state index in [0.29, 0.717) is 11.5 Å². The highest BCUT2D eigenvalue weighted by molar-refractivity contribution is 9.10. The molecule has 0 spiro atoms. The van der Waals surface area contributed by atoms with Gasteiger partial charge in [0.1, 0.15) is 12.4 Å². The maximum atomic E-state index is 9.62. The number of fused-ring (bicyclic) bond motifs is 1. The maximum Gasteiger partial charge on any atom is 0.140 e. The number of aryl methyl sites for hydroxylation is 2. The number of aromatic nitrogens is 2. The molecule has 108 valence electrons. The van der Waals surface area contributed by atoms with Crippen LogP contribution in [0.1, 0.15) is 17.0 Å². The van der Waals surface area contributed by atoms with E-state index in [1.807, 2.05) is 22.8 Å². The van der Waals surface area contributed by atoms with Crippen LogP contribution in [-0.4, -0.2) is 14.7 Å².